The van der Waals surface area contributed by atoms with E-state index in [0.717, 1.165) is 12.1 Å². The topological polar surface area (TPSA) is 101 Å². The van der Waals surface area contributed by atoms with Gasteiger partial charge in [-0.25, -0.2) is 13.2 Å². The van der Waals surface area contributed by atoms with Gasteiger partial charge in [-0.05, 0) is 24.1 Å². The van der Waals surface area contributed by atoms with Gasteiger partial charge in [0.1, 0.15) is 6.04 Å². The number of hydrogen-bond donors (Lipinski definition) is 2. The van der Waals surface area contributed by atoms with Gasteiger partial charge in [0, 0.05) is 0 Å². The van der Waals surface area contributed by atoms with E-state index in [1.54, 1.807) is 6.92 Å². The van der Waals surface area contributed by atoms with Gasteiger partial charge in [0.25, 0.3) is 0 Å². The number of rotatable bonds is 8. The van der Waals surface area contributed by atoms with Crippen LogP contribution in [-0.2, 0) is 25.8 Å². The molecule has 9 heteroatoms. The van der Waals surface area contributed by atoms with Crippen molar-refractivity contribution in [1.29, 1.82) is 0 Å². The first-order valence-electron chi connectivity index (χ1n) is 6.81. The molecule has 0 aliphatic carbocycles. The highest BCUT2D eigenvalue weighted by Gasteiger charge is 2.26. The Balaban J connectivity index is 2.75. The first-order chi connectivity index (χ1) is 10.7. The van der Waals surface area contributed by atoms with Gasteiger partial charge in [-0.15, -0.1) is 0 Å². The van der Waals surface area contributed by atoms with Crippen LogP contribution < -0.4 is 5.32 Å². The molecule has 1 aromatic carbocycles. The largest absolute Gasteiger partial charge is 0.480 e. The maximum Gasteiger partial charge on any atom is 0.341 e. The molecule has 0 aliphatic rings. The number of carbonyl (C=O) groups is 2. The van der Waals surface area contributed by atoms with Gasteiger partial charge < -0.3 is 10.4 Å². The fourth-order valence-corrected chi connectivity index (χ4v) is 2.60. The smallest absolute Gasteiger partial charge is 0.341 e. The minimum Gasteiger partial charge on any atom is -0.480 e. The summed E-state index contributed by atoms with van der Waals surface area (Å²) in [6, 6.07) is 3.47. The van der Waals surface area contributed by atoms with Crippen LogP contribution in [0.2, 0.25) is 0 Å². The molecule has 1 unspecified atom stereocenters. The molecule has 0 heterocycles. The summed E-state index contributed by atoms with van der Waals surface area (Å²) in [7, 11) is -4.67. The van der Waals surface area contributed by atoms with Crippen molar-refractivity contribution < 1.29 is 31.9 Å². The molecule has 1 amide bonds. The molecule has 0 saturated carbocycles. The van der Waals surface area contributed by atoms with E-state index < -0.39 is 38.4 Å². The van der Waals surface area contributed by atoms with Crippen molar-refractivity contribution in [1.82, 2.24) is 5.32 Å². The molecule has 2 N–H and O–H groups in total. The molecule has 0 fully saturated rings. The lowest BCUT2D eigenvalue weighted by atomic mass is 10.1. The molecule has 0 radical (unpaired) electrons. The number of alkyl halides is 2. The number of carbonyl (C=O) groups excluding carboxylic acids is 1. The lowest BCUT2D eigenvalue weighted by Crippen LogP contribution is -2.41. The zero-order valence-electron chi connectivity index (χ0n) is 12.3. The zero-order valence-corrected chi connectivity index (χ0v) is 13.1. The van der Waals surface area contributed by atoms with Crippen LogP contribution in [0.25, 0.3) is 0 Å². The van der Waals surface area contributed by atoms with E-state index in [2.05, 4.69) is 5.32 Å². The third-order valence-corrected chi connectivity index (χ3v) is 4.46. The van der Waals surface area contributed by atoms with Crippen LogP contribution in [0, 0.1) is 0 Å². The second kappa shape index (κ2) is 8.00. The number of carboxylic acids is 1. The molecule has 128 valence electrons. The number of aliphatic carboxylic acids is 1. The highest BCUT2D eigenvalue weighted by atomic mass is 32.2. The van der Waals surface area contributed by atoms with Crippen LogP contribution in [0.3, 0.4) is 0 Å². The number of amides is 1. The average molecular weight is 349 g/mol. The van der Waals surface area contributed by atoms with Gasteiger partial charge in [-0.1, -0.05) is 25.5 Å². The third-order valence-electron chi connectivity index (χ3n) is 3.06. The fourth-order valence-electron chi connectivity index (χ4n) is 1.88. The first-order valence-corrected chi connectivity index (χ1v) is 8.36. The summed E-state index contributed by atoms with van der Waals surface area (Å²) in [5.41, 5.74) is 0.386. The predicted octanol–water partition coefficient (Wildman–Crippen LogP) is 1.59. The molecule has 6 nitrogen and oxygen atoms in total. The molecule has 0 bridgehead atoms. The van der Waals surface area contributed by atoms with Crippen LogP contribution >= 0.6 is 0 Å². The van der Waals surface area contributed by atoms with Gasteiger partial charge in [-0.3, -0.25) is 4.79 Å². The Morgan fingerprint density at radius 1 is 1.22 bits per heavy atom. The number of nitrogens with one attached hydrogen (secondary N) is 1. The van der Waals surface area contributed by atoms with Gasteiger partial charge in [0.15, 0.2) is 0 Å². The van der Waals surface area contributed by atoms with Crippen molar-refractivity contribution in [3.8, 4) is 0 Å². The van der Waals surface area contributed by atoms with Gasteiger partial charge in [-0.2, -0.15) is 8.78 Å². The number of sulfone groups is 1. The first kappa shape index (κ1) is 19.0. The molecule has 0 spiro atoms. The maximum absolute atomic E-state index is 12.4. The van der Waals surface area contributed by atoms with Crippen LogP contribution in [0.5, 0.6) is 0 Å². The Morgan fingerprint density at radius 3 is 2.22 bits per heavy atom. The molecule has 1 rings (SSSR count). The Kier molecular flexibility index (Phi) is 6.62. The standard InChI is InChI=1S/C14H17F2NO5S/c1-2-3-11(13(19)20)17-12(18)8-9-4-6-10(7-5-9)23(21,22)14(15)16/h4-7,11,14H,2-3,8H2,1H3,(H,17,18)(H,19,20). The van der Waals surface area contributed by atoms with Crippen LogP contribution in [-0.4, -0.2) is 37.2 Å². The van der Waals surface area contributed by atoms with Crippen molar-refractivity contribution in [2.75, 3.05) is 0 Å². The van der Waals surface area contributed by atoms with E-state index in [9.17, 15) is 26.8 Å². The van der Waals surface area contributed by atoms with Crippen molar-refractivity contribution >= 4 is 21.7 Å². The highest BCUT2D eigenvalue weighted by molar-refractivity contribution is 7.91. The summed E-state index contributed by atoms with van der Waals surface area (Å²) in [5, 5.41) is 11.3. The third kappa shape index (κ3) is 5.27. The number of hydrogen-bond acceptors (Lipinski definition) is 4. The lowest BCUT2D eigenvalue weighted by Gasteiger charge is -2.13. The normalized spacial score (nSPS) is 12.9. The maximum atomic E-state index is 12.4. The molecular formula is C14H17F2NO5S. The van der Waals surface area contributed by atoms with E-state index in [4.69, 9.17) is 5.11 Å². The SMILES string of the molecule is CCCC(NC(=O)Cc1ccc(S(=O)(=O)C(F)F)cc1)C(=O)O. The summed E-state index contributed by atoms with van der Waals surface area (Å²) in [4.78, 5) is 22.2. The van der Waals surface area contributed by atoms with E-state index in [0.29, 0.717) is 12.0 Å². The Hall–Kier alpha value is -2.03. The fraction of sp³-hybridized carbons (Fsp3) is 0.429. The van der Waals surface area contributed by atoms with E-state index in [-0.39, 0.29) is 12.8 Å². The minimum absolute atomic E-state index is 0.178. The Morgan fingerprint density at radius 2 is 1.78 bits per heavy atom. The zero-order chi connectivity index (χ0) is 17.6. The van der Waals surface area contributed by atoms with Gasteiger partial charge in [0.2, 0.25) is 15.7 Å². The quantitative estimate of drug-likeness (QED) is 0.742. The van der Waals surface area contributed by atoms with Crippen LogP contribution in [0.15, 0.2) is 29.2 Å². The summed E-state index contributed by atoms with van der Waals surface area (Å²) in [6.07, 6.45) is 0.687. The molecular weight excluding hydrogens is 332 g/mol. The predicted molar refractivity (Wildman–Crippen MR) is 77.8 cm³/mol. The summed E-state index contributed by atoms with van der Waals surface area (Å²) in [6.45, 7) is 1.78. The Bertz CT molecular complexity index is 658. The van der Waals surface area contributed by atoms with E-state index in [1.165, 1.54) is 12.1 Å². The average Bonchev–Trinajstić information content (AvgIpc) is 2.47. The lowest BCUT2D eigenvalue weighted by molar-refractivity contribution is -0.141. The van der Waals surface area contributed by atoms with E-state index in [1.807, 2.05) is 0 Å². The molecule has 0 saturated heterocycles. The second-order valence-corrected chi connectivity index (χ2v) is 6.79. The summed E-state index contributed by atoms with van der Waals surface area (Å²) >= 11 is 0. The molecule has 23 heavy (non-hydrogen) atoms. The van der Waals surface area contributed by atoms with Gasteiger partial charge >= 0.3 is 11.7 Å². The summed E-state index contributed by atoms with van der Waals surface area (Å²) in [5.74, 6) is -5.20. The summed E-state index contributed by atoms with van der Waals surface area (Å²) < 4.78 is 47.3. The van der Waals surface area contributed by atoms with Crippen molar-refractivity contribution in [2.24, 2.45) is 0 Å². The molecule has 1 atom stereocenters. The van der Waals surface area contributed by atoms with Crippen molar-refractivity contribution in [3.63, 3.8) is 0 Å². The Labute approximate surface area is 132 Å². The monoisotopic (exact) mass is 349 g/mol. The number of carboxylic acid groups (broad SMARTS) is 1. The van der Waals surface area contributed by atoms with Crippen LogP contribution in [0.1, 0.15) is 25.3 Å². The molecule has 0 aromatic heterocycles. The van der Waals surface area contributed by atoms with E-state index >= 15 is 0 Å². The molecule has 0 aliphatic heterocycles. The van der Waals surface area contributed by atoms with Crippen molar-refractivity contribution in [3.05, 3.63) is 29.8 Å². The minimum atomic E-state index is -4.67. The van der Waals surface area contributed by atoms with Gasteiger partial charge in [0.05, 0.1) is 11.3 Å². The van der Waals surface area contributed by atoms with Crippen LogP contribution in [0.4, 0.5) is 8.78 Å². The molecule has 1 aromatic rings. The number of benzene rings is 1. The number of halogens is 2. The highest BCUT2D eigenvalue weighted by Crippen LogP contribution is 2.18. The second-order valence-electron chi connectivity index (χ2n) is 4.87. The van der Waals surface area contributed by atoms with Crippen molar-refractivity contribution in [2.45, 2.75) is 42.9 Å².